The highest BCUT2D eigenvalue weighted by molar-refractivity contribution is 6.31. The molecular weight excluding hydrogens is 436 g/mol. The van der Waals surface area contributed by atoms with Crippen LogP contribution in [0.3, 0.4) is 0 Å². The van der Waals surface area contributed by atoms with E-state index in [-0.39, 0.29) is 28.6 Å². The van der Waals surface area contributed by atoms with E-state index in [2.05, 4.69) is 4.99 Å². The second-order valence-corrected chi connectivity index (χ2v) is 7.05. The fourth-order valence-corrected chi connectivity index (χ4v) is 3.08. The van der Waals surface area contributed by atoms with E-state index in [1.54, 1.807) is 42.5 Å². The summed E-state index contributed by atoms with van der Waals surface area (Å²) in [6.07, 6.45) is 1.49. The number of halogens is 1. The van der Waals surface area contributed by atoms with Crippen LogP contribution in [0.4, 0.5) is 5.69 Å². The number of rotatable bonds is 5. The van der Waals surface area contributed by atoms with Crippen molar-refractivity contribution in [2.24, 2.45) is 4.99 Å². The molecule has 158 valence electrons. The maximum Gasteiger partial charge on any atom is 0.363 e. The molecule has 32 heavy (non-hydrogen) atoms. The normalized spacial score (nSPS) is 14.1. The molecule has 0 unspecified atom stereocenters. The van der Waals surface area contributed by atoms with Crippen molar-refractivity contribution in [1.82, 2.24) is 0 Å². The summed E-state index contributed by atoms with van der Waals surface area (Å²) in [4.78, 5) is 39.1. The Morgan fingerprint density at radius 3 is 2.62 bits per heavy atom. The number of hydrogen-bond donors (Lipinski definition) is 0. The topological polar surface area (TPSA) is 108 Å². The standard InChI is InChI=1S/C23H13ClN2O6/c24-17-7-2-5-15(12-17)21-25-20(23(28)32-21)11-14-4-1-9-19(10-14)31-22(27)16-6-3-8-18(13-16)26(29)30/h1-13H/b20-11-. The molecule has 0 spiro atoms. The average Bonchev–Trinajstić information content (AvgIpc) is 3.14. The summed E-state index contributed by atoms with van der Waals surface area (Å²) in [5, 5.41) is 11.4. The van der Waals surface area contributed by atoms with Crippen LogP contribution in [0.1, 0.15) is 21.5 Å². The molecule has 1 heterocycles. The quantitative estimate of drug-likeness (QED) is 0.182. The number of non-ortho nitro benzene ring substituents is 1. The number of ether oxygens (including phenoxy) is 2. The predicted octanol–water partition coefficient (Wildman–Crippen LogP) is 4.81. The van der Waals surface area contributed by atoms with E-state index in [1.807, 2.05) is 0 Å². The van der Waals surface area contributed by atoms with E-state index in [1.165, 1.54) is 30.3 Å². The van der Waals surface area contributed by atoms with Gasteiger partial charge in [-0.05, 0) is 48.0 Å². The second-order valence-electron chi connectivity index (χ2n) is 6.62. The van der Waals surface area contributed by atoms with Gasteiger partial charge in [-0.25, -0.2) is 14.6 Å². The summed E-state index contributed by atoms with van der Waals surface area (Å²) in [5.41, 5.74) is 0.998. The van der Waals surface area contributed by atoms with Crippen molar-refractivity contribution in [3.05, 3.63) is 110 Å². The number of carbonyl (C=O) groups excluding carboxylic acids is 2. The lowest BCUT2D eigenvalue weighted by Gasteiger charge is -2.05. The number of carbonyl (C=O) groups is 2. The number of nitrogens with zero attached hydrogens (tertiary/aromatic N) is 2. The predicted molar refractivity (Wildman–Crippen MR) is 117 cm³/mol. The van der Waals surface area contributed by atoms with Gasteiger partial charge in [-0.2, -0.15) is 0 Å². The lowest BCUT2D eigenvalue weighted by molar-refractivity contribution is -0.384. The first-order valence-electron chi connectivity index (χ1n) is 9.24. The van der Waals surface area contributed by atoms with Gasteiger partial charge in [0.15, 0.2) is 5.70 Å². The lowest BCUT2D eigenvalue weighted by Crippen LogP contribution is -2.08. The Morgan fingerprint density at radius 1 is 1.06 bits per heavy atom. The number of nitro groups is 1. The van der Waals surface area contributed by atoms with Crippen LogP contribution < -0.4 is 4.74 Å². The van der Waals surface area contributed by atoms with Gasteiger partial charge in [0, 0.05) is 22.7 Å². The molecule has 0 fully saturated rings. The molecular formula is C23H13ClN2O6. The molecule has 0 amide bonds. The lowest BCUT2D eigenvalue weighted by atomic mass is 10.1. The SMILES string of the molecule is O=C1OC(c2cccc(Cl)c2)=N/C1=C\c1cccc(OC(=O)c2cccc([N+](=O)[O-])c2)c1. The molecule has 9 heteroatoms. The smallest absolute Gasteiger partial charge is 0.363 e. The Bertz CT molecular complexity index is 1320. The van der Waals surface area contributed by atoms with Crippen LogP contribution in [0.25, 0.3) is 6.08 Å². The number of nitro benzene ring substituents is 1. The van der Waals surface area contributed by atoms with Crippen molar-refractivity contribution < 1.29 is 24.0 Å². The third-order valence-corrected chi connectivity index (χ3v) is 4.59. The van der Waals surface area contributed by atoms with Crippen LogP contribution in [-0.2, 0) is 9.53 Å². The van der Waals surface area contributed by atoms with Gasteiger partial charge < -0.3 is 9.47 Å². The van der Waals surface area contributed by atoms with Crippen molar-refractivity contribution in [3.63, 3.8) is 0 Å². The van der Waals surface area contributed by atoms with Crippen LogP contribution in [0.15, 0.2) is 83.5 Å². The molecule has 0 N–H and O–H groups in total. The Labute approximate surface area is 186 Å². The molecule has 0 aliphatic carbocycles. The minimum Gasteiger partial charge on any atom is -0.423 e. The van der Waals surface area contributed by atoms with Crippen molar-refractivity contribution in [2.75, 3.05) is 0 Å². The minimum absolute atomic E-state index is 0.0399. The van der Waals surface area contributed by atoms with Gasteiger partial charge in [0.2, 0.25) is 5.90 Å². The molecule has 0 aromatic heterocycles. The zero-order chi connectivity index (χ0) is 22.7. The number of cyclic esters (lactones) is 1. The molecule has 0 atom stereocenters. The number of hydrogen-bond acceptors (Lipinski definition) is 7. The van der Waals surface area contributed by atoms with Crippen molar-refractivity contribution in [1.29, 1.82) is 0 Å². The maximum absolute atomic E-state index is 12.4. The van der Waals surface area contributed by atoms with Crippen LogP contribution in [0.5, 0.6) is 5.75 Å². The van der Waals surface area contributed by atoms with E-state index >= 15 is 0 Å². The Balaban J connectivity index is 1.55. The summed E-state index contributed by atoms with van der Waals surface area (Å²) in [6.45, 7) is 0. The van der Waals surface area contributed by atoms with E-state index < -0.39 is 16.9 Å². The van der Waals surface area contributed by atoms with E-state index in [0.29, 0.717) is 16.1 Å². The molecule has 0 saturated heterocycles. The highest BCUT2D eigenvalue weighted by atomic mass is 35.5. The first kappa shape index (κ1) is 21.0. The second kappa shape index (κ2) is 8.83. The van der Waals surface area contributed by atoms with Gasteiger partial charge in [-0.1, -0.05) is 35.9 Å². The van der Waals surface area contributed by atoms with Gasteiger partial charge in [0.1, 0.15) is 5.75 Å². The van der Waals surface area contributed by atoms with Crippen LogP contribution in [-0.4, -0.2) is 22.8 Å². The molecule has 3 aromatic rings. The molecule has 3 aromatic carbocycles. The first-order valence-corrected chi connectivity index (χ1v) is 9.62. The van der Waals surface area contributed by atoms with Crippen molar-refractivity contribution in [2.45, 2.75) is 0 Å². The number of aliphatic imine (C=N–C) groups is 1. The molecule has 4 rings (SSSR count). The van der Waals surface area contributed by atoms with Gasteiger partial charge in [0.25, 0.3) is 5.69 Å². The molecule has 1 aliphatic rings. The fraction of sp³-hybridized carbons (Fsp3) is 0. The molecule has 0 bridgehead atoms. The Hall–Kier alpha value is -4.30. The van der Waals surface area contributed by atoms with Gasteiger partial charge >= 0.3 is 11.9 Å². The Morgan fingerprint density at radius 2 is 1.84 bits per heavy atom. The zero-order valence-electron chi connectivity index (χ0n) is 16.2. The molecule has 0 radical (unpaired) electrons. The van der Waals surface area contributed by atoms with Crippen molar-refractivity contribution in [3.8, 4) is 5.75 Å². The minimum atomic E-state index is -0.750. The molecule has 8 nitrogen and oxygen atoms in total. The van der Waals surface area contributed by atoms with Gasteiger partial charge in [-0.3, -0.25) is 10.1 Å². The highest BCUT2D eigenvalue weighted by Crippen LogP contribution is 2.23. The summed E-state index contributed by atoms with van der Waals surface area (Å²) < 4.78 is 10.5. The van der Waals surface area contributed by atoms with Gasteiger partial charge in [0.05, 0.1) is 10.5 Å². The first-order chi connectivity index (χ1) is 15.4. The molecule has 0 saturated carbocycles. The van der Waals surface area contributed by atoms with Crippen molar-refractivity contribution >= 4 is 41.2 Å². The number of esters is 2. The highest BCUT2D eigenvalue weighted by Gasteiger charge is 2.24. The monoisotopic (exact) mass is 448 g/mol. The largest absolute Gasteiger partial charge is 0.423 e. The van der Waals surface area contributed by atoms with Crippen LogP contribution in [0, 0.1) is 10.1 Å². The molecule has 1 aliphatic heterocycles. The maximum atomic E-state index is 12.4. The Kier molecular flexibility index (Phi) is 5.78. The van der Waals surface area contributed by atoms with Crippen LogP contribution in [0.2, 0.25) is 5.02 Å². The average molecular weight is 449 g/mol. The summed E-state index contributed by atoms with van der Waals surface area (Å²) >= 11 is 5.97. The number of benzene rings is 3. The third-order valence-electron chi connectivity index (χ3n) is 4.36. The van der Waals surface area contributed by atoms with Crippen LogP contribution >= 0.6 is 11.6 Å². The summed E-state index contributed by atoms with van der Waals surface area (Å²) in [7, 11) is 0. The summed E-state index contributed by atoms with van der Waals surface area (Å²) in [6, 6.07) is 18.4. The van der Waals surface area contributed by atoms with E-state index in [9.17, 15) is 19.7 Å². The summed E-state index contributed by atoms with van der Waals surface area (Å²) in [5.74, 6) is -1.04. The van der Waals surface area contributed by atoms with E-state index in [4.69, 9.17) is 21.1 Å². The van der Waals surface area contributed by atoms with Gasteiger partial charge in [-0.15, -0.1) is 0 Å². The third kappa shape index (κ3) is 4.71. The van der Waals surface area contributed by atoms with E-state index in [0.717, 1.165) is 6.07 Å². The zero-order valence-corrected chi connectivity index (χ0v) is 17.0. The fourth-order valence-electron chi connectivity index (χ4n) is 2.89.